The molecule has 2 amide bonds. The molecule has 1 aromatic carbocycles. The summed E-state index contributed by atoms with van der Waals surface area (Å²) in [5, 5.41) is 11.5. The molecule has 2 N–H and O–H groups in total. The molecule has 8 heteroatoms. The van der Waals surface area contributed by atoms with E-state index in [-0.39, 0.29) is 23.3 Å². The summed E-state index contributed by atoms with van der Waals surface area (Å²) < 4.78 is 14.0. The molecule has 0 radical (unpaired) electrons. The van der Waals surface area contributed by atoms with Crippen LogP contribution < -0.4 is 5.32 Å². The quantitative estimate of drug-likeness (QED) is 0.823. The maximum Gasteiger partial charge on any atom is 0.270 e. The van der Waals surface area contributed by atoms with E-state index in [1.54, 1.807) is 23.1 Å². The van der Waals surface area contributed by atoms with Gasteiger partial charge < -0.3 is 15.2 Å². The topological polar surface area (TPSA) is 89.0 Å². The van der Waals surface area contributed by atoms with Crippen LogP contribution in [0.15, 0.2) is 34.9 Å². The van der Waals surface area contributed by atoms with Crippen molar-refractivity contribution in [3.05, 3.63) is 52.0 Å². The summed E-state index contributed by atoms with van der Waals surface area (Å²) in [6.07, 6.45) is 0.547. The van der Waals surface area contributed by atoms with E-state index >= 15 is 0 Å². The molecule has 1 aliphatic heterocycles. The lowest BCUT2D eigenvalue weighted by atomic mass is 10.1. The van der Waals surface area contributed by atoms with Crippen LogP contribution in [0, 0.1) is 23.1 Å². The zero-order chi connectivity index (χ0) is 18.0. The van der Waals surface area contributed by atoms with Crippen molar-refractivity contribution in [3.63, 3.8) is 0 Å². The number of aromatic nitrogens is 1. The molecule has 128 valence electrons. The Balaban J connectivity index is 1.63. The fraction of sp³-hybridized carbons (Fsp3) is 0.235. The Morgan fingerprint density at radius 1 is 1.36 bits per heavy atom. The zero-order valence-electron chi connectivity index (χ0n) is 13.1. The number of carbonyl (C=O) groups excluding carboxylic acids is 2. The Kier molecular flexibility index (Phi) is 4.86. The summed E-state index contributed by atoms with van der Waals surface area (Å²) in [5.41, 5.74) is 0.699. The number of rotatable bonds is 3. The van der Waals surface area contributed by atoms with Gasteiger partial charge in [0.2, 0.25) is 5.91 Å². The lowest BCUT2D eigenvalue weighted by Gasteiger charge is -2.15. The average Bonchev–Trinajstić information content (AvgIpc) is 3.25. The fourth-order valence-electron chi connectivity index (χ4n) is 2.76. The number of benzene rings is 1. The van der Waals surface area contributed by atoms with E-state index in [9.17, 15) is 14.0 Å². The SMILES string of the molecule is N#Cc1cc(NC(=O)[C@H]2CCN(C(=O)c3ccc(Br)[nH]3)C2)ccc1F. The van der Waals surface area contributed by atoms with Crippen LogP contribution in [-0.4, -0.2) is 34.8 Å². The van der Waals surface area contributed by atoms with Crippen molar-refractivity contribution in [2.75, 3.05) is 18.4 Å². The number of hydrogen-bond donors (Lipinski definition) is 2. The molecular weight excluding hydrogens is 391 g/mol. The minimum Gasteiger partial charge on any atom is -0.345 e. The highest BCUT2D eigenvalue weighted by Gasteiger charge is 2.32. The summed E-state index contributed by atoms with van der Waals surface area (Å²) in [6, 6.07) is 9.00. The number of halogens is 2. The van der Waals surface area contributed by atoms with E-state index < -0.39 is 5.82 Å². The summed E-state index contributed by atoms with van der Waals surface area (Å²) >= 11 is 3.26. The van der Waals surface area contributed by atoms with Gasteiger partial charge in [0.05, 0.1) is 16.1 Å². The number of H-pyrrole nitrogens is 1. The first-order valence-corrected chi connectivity index (χ1v) is 8.41. The lowest BCUT2D eigenvalue weighted by Crippen LogP contribution is -2.31. The monoisotopic (exact) mass is 404 g/mol. The highest BCUT2D eigenvalue weighted by atomic mass is 79.9. The Morgan fingerprint density at radius 3 is 2.84 bits per heavy atom. The zero-order valence-corrected chi connectivity index (χ0v) is 14.6. The average molecular weight is 405 g/mol. The predicted molar refractivity (Wildman–Crippen MR) is 92.2 cm³/mol. The second kappa shape index (κ2) is 7.07. The molecule has 0 spiro atoms. The van der Waals surface area contributed by atoms with Crippen LogP contribution in [-0.2, 0) is 4.79 Å². The molecule has 1 aromatic heterocycles. The van der Waals surface area contributed by atoms with Crippen LogP contribution >= 0.6 is 15.9 Å². The highest BCUT2D eigenvalue weighted by Crippen LogP contribution is 2.22. The molecule has 0 aliphatic carbocycles. The minimum atomic E-state index is -0.629. The van der Waals surface area contributed by atoms with Gasteiger partial charge in [-0.25, -0.2) is 4.39 Å². The van der Waals surface area contributed by atoms with Gasteiger partial charge in [-0.2, -0.15) is 5.26 Å². The largest absolute Gasteiger partial charge is 0.345 e. The number of nitrogens with zero attached hydrogens (tertiary/aromatic N) is 2. The van der Waals surface area contributed by atoms with Crippen molar-refractivity contribution in [3.8, 4) is 6.07 Å². The maximum absolute atomic E-state index is 13.3. The molecular formula is C17H14BrFN4O2. The van der Waals surface area contributed by atoms with Crippen molar-refractivity contribution in [2.24, 2.45) is 5.92 Å². The van der Waals surface area contributed by atoms with Gasteiger partial charge in [0.1, 0.15) is 17.6 Å². The number of hydrogen-bond acceptors (Lipinski definition) is 3. The molecule has 6 nitrogen and oxygen atoms in total. The number of anilines is 1. The first kappa shape index (κ1) is 17.2. The maximum atomic E-state index is 13.3. The van der Waals surface area contributed by atoms with Crippen LogP contribution in [0.1, 0.15) is 22.5 Å². The van der Waals surface area contributed by atoms with Crippen LogP contribution in [0.2, 0.25) is 0 Å². The molecule has 2 heterocycles. The second-order valence-electron chi connectivity index (χ2n) is 5.75. The molecule has 1 atom stereocenters. The van der Waals surface area contributed by atoms with Crippen LogP contribution in [0.4, 0.5) is 10.1 Å². The Bertz CT molecular complexity index is 874. The van der Waals surface area contributed by atoms with Crippen molar-refractivity contribution in [2.45, 2.75) is 6.42 Å². The molecule has 25 heavy (non-hydrogen) atoms. The van der Waals surface area contributed by atoms with Crippen molar-refractivity contribution < 1.29 is 14.0 Å². The predicted octanol–water partition coefficient (Wildman–Crippen LogP) is 2.89. The summed E-state index contributed by atoms with van der Waals surface area (Å²) in [5.74, 6) is -1.39. The summed E-state index contributed by atoms with van der Waals surface area (Å²) in [7, 11) is 0. The van der Waals surface area contributed by atoms with Crippen LogP contribution in [0.3, 0.4) is 0 Å². The fourth-order valence-corrected chi connectivity index (χ4v) is 3.10. The van der Waals surface area contributed by atoms with Gasteiger partial charge in [0.15, 0.2) is 0 Å². The van der Waals surface area contributed by atoms with Crippen LogP contribution in [0.5, 0.6) is 0 Å². The van der Waals surface area contributed by atoms with Crippen molar-refractivity contribution in [1.82, 2.24) is 9.88 Å². The first-order chi connectivity index (χ1) is 12.0. The van der Waals surface area contributed by atoms with Crippen molar-refractivity contribution in [1.29, 1.82) is 5.26 Å². The third-order valence-electron chi connectivity index (χ3n) is 4.08. The molecule has 1 fully saturated rings. The van der Waals surface area contributed by atoms with E-state index in [1.165, 1.54) is 12.1 Å². The van der Waals surface area contributed by atoms with Gasteiger partial charge in [-0.3, -0.25) is 9.59 Å². The number of aromatic amines is 1. The van der Waals surface area contributed by atoms with E-state index in [1.807, 2.05) is 0 Å². The van der Waals surface area contributed by atoms with Crippen LogP contribution in [0.25, 0.3) is 0 Å². The third kappa shape index (κ3) is 3.72. The summed E-state index contributed by atoms with van der Waals surface area (Å²) in [4.78, 5) is 29.3. The molecule has 2 aromatic rings. The van der Waals surface area contributed by atoms with Gasteiger partial charge in [0, 0.05) is 18.8 Å². The number of nitrogens with one attached hydrogen (secondary N) is 2. The third-order valence-corrected chi connectivity index (χ3v) is 4.54. The molecule has 0 saturated carbocycles. The number of likely N-dealkylation sites (tertiary alicyclic amines) is 1. The smallest absolute Gasteiger partial charge is 0.270 e. The van der Waals surface area contributed by atoms with E-state index in [4.69, 9.17) is 5.26 Å². The van der Waals surface area contributed by atoms with Gasteiger partial charge in [-0.15, -0.1) is 0 Å². The molecule has 1 aliphatic rings. The van der Waals surface area contributed by atoms with E-state index in [0.717, 1.165) is 6.07 Å². The van der Waals surface area contributed by atoms with Crippen molar-refractivity contribution >= 4 is 33.4 Å². The van der Waals surface area contributed by atoms with Gasteiger partial charge in [-0.1, -0.05) is 0 Å². The van der Waals surface area contributed by atoms with Gasteiger partial charge >= 0.3 is 0 Å². The highest BCUT2D eigenvalue weighted by molar-refractivity contribution is 9.10. The summed E-state index contributed by atoms with van der Waals surface area (Å²) in [6.45, 7) is 0.800. The van der Waals surface area contributed by atoms with Gasteiger partial charge in [-0.05, 0) is 52.7 Å². The number of carbonyl (C=O) groups is 2. The van der Waals surface area contributed by atoms with E-state index in [2.05, 4.69) is 26.2 Å². The number of amides is 2. The first-order valence-electron chi connectivity index (χ1n) is 7.62. The molecule has 3 rings (SSSR count). The molecule has 0 unspecified atom stereocenters. The Labute approximate surface area is 151 Å². The normalized spacial score (nSPS) is 16.5. The minimum absolute atomic E-state index is 0.127. The standard InChI is InChI=1S/C17H14BrFN4O2/c18-15-4-3-14(22-15)17(25)23-6-5-10(9-23)16(24)21-12-1-2-13(19)11(7-12)8-20/h1-4,7,10,22H,5-6,9H2,(H,21,24)/t10-/m0/s1. The Hall–Kier alpha value is -2.66. The number of nitriles is 1. The second-order valence-corrected chi connectivity index (χ2v) is 6.61. The molecule has 0 bridgehead atoms. The molecule has 1 saturated heterocycles. The lowest BCUT2D eigenvalue weighted by molar-refractivity contribution is -0.119. The van der Waals surface area contributed by atoms with Gasteiger partial charge in [0.25, 0.3) is 5.91 Å². The van der Waals surface area contributed by atoms with E-state index in [0.29, 0.717) is 35.5 Å². The Morgan fingerprint density at radius 2 is 2.16 bits per heavy atom.